The maximum atomic E-state index is 9.00. The molecular formula is C15H13N3O2. The molecule has 1 atom stereocenters. The monoisotopic (exact) mass is 267 g/mol. The zero-order valence-corrected chi connectivity index (χ0v) is 10.7. The molecule has 1 aliphatic heterocycles. The standard InChI is InChI=1S/C15H13N3O2/c16-8-11-4-3-7-17-15(11)18-9-12-10-19-13-5-1-2-6-14(13)20-12/h1-7,12H,9-10H2,(H,17,18)/t12-/m1/s1. The molecule has 0 saturated carbocycles. The quantitative estimate of drug-likeness (QED) is 0.923. The van der Waals surface area contributed by atoms with Gasteiger partial charge in [0, 0.05) is 6.20 Å². The molecule has 0 radical (unpaired) electrons. The molecule has 1 N–H and O–H groups in total. The van der Waals surface area contributed by atoms with Gasteiger partial charge in [-0.2, -0.15) is 5.26 Å². The number of nitrogens with zero attached hydrogens (tertiary/aromatic N) is 2. The Morgan fingerprint density at radius 2 is 2.10 bits per heavy atom. The van der Waals surface area contributed by atoms with E-state index < -0.39 is 0 Å². The van der Waals surface area contributed by atoms with E-state index in [2.05, 4.69) is 16.4 Å². The minimum absolute atomic E-state index is 0.113. The van der Waals surface area contributed by atoms with E-state index in [0.29, 0.717) is 24.5 Å². The molecule has 1 aliphatic rings. The average Bonchev–Trinajstić information content (AvgIpc) is 2.53. The fraction of sp³-hybridized carbons (Fsp3) is 0.200. The van der Waals surface area contributed by atoms with Crippen LogP contribution >= 0.6 is 0 Å². The highest BCUT2D eigenvalue weighted by Gasteiger charge is 2.20. The minimum atomic E-state index is -0.113. The van der Waals surface area contributed by atoms with Gasteiger partial charge in [-0.05, 0) is 24.3 Å². The van der Waals surface area contributed by atoms with Crippen LogP contribution in [-0.2, 0) is 0 Å². The lowest BCUT2D eigenvalue weighted by atomic mass is 10.2. The van der Waals surface area contributed by atoms with Gasteiger partial charge in [-0.15, -0.1) is 0 Å². The average molecular weight is 267 g/mol. The van der Waals surface area contributed by atoms with E-state index in [4.69, 9.17) is 14.7 Å². The molecule has 0 bridgehead atoms. The van der Waals surface area contributed by atoms with Gasteiger partial charge >= 0.3 is 0 Å². The normalized spacial score (nSPS) is 16.2. The van der Waals surface area contributed by atoms with Crippen molar-refractivity contribution in [2.45, 2.75) is 6.10 Å². The van der Waals surface area contributed by atoms with Crippen molar-refractivity contribution in [2.24, 2.45) is 0 Å². The lowest BCUT2D eigenvalue weighted by molar-refractivity contribution is 0.0997. The molecule has 5 heteroatoms. The highest BCUT2D eigenvalue weighted by molar-refractivity contribution is 5.51. The van der Waals surface area contributed by atoms with Crippen molar-refractivity contribution >= 4 is 5.82 Å². The van der Waals surface area contributed by atoms with Crippen molar-refractivity contribution in [3.05, 3.63) is 48.2 Å². The van der Waals surface area contributed by atoms with Gasteiger partial charge in [-0.25, -0.2) is 4.98 Å². The van der Waals surface area contributed by atoms with Gasteiger partial charge in [0.1, 0.15) is 24.6 Å². The van der Waals surface area contributed by atoms with Crippen molar-refractivity contribution in [1.82, 2.24) is 4.98 Å². The second-order valence-corrected chi connectivity index (χ2v) is 4.39. The summed E-state index contributed by atoms with van der Waals surface area (Å²) in [5.41, 5.74) is 0.518. The fourth-order valence-electron chi connectivity index (χ4n) is 2.01. The van der Waals surface area contributed by atoms with Crippen LogP contribution in [0.25, 0.3) is 0 Å². The molecule has 2 heterocycles. The van der Waals surface area contributed by atoms with E-state index in [1.807, 2.05) is 24.3 Å². The fourth-order valence-corrected chi connectivity index (χ4v) is 2.01. The van der Waals surface area contributed by atoms with Crippen molar-refractivity contribution < 1.29 is 9.47 Å². The maximum Gasteiger partial charge on any atom is 0.161 e. The minimum Gasteiger partial charge on any atom is -0.486 e. The summed E-state index contributed by atoms with van der Waals surface area (Å²) in [4.78, 5) is 4.15. The molecule has 0 fully saturated rings. The second kappa shape index (κ2) is 5.49. The third-order valence-corrected chi connectivity index (χ3v) is 2.99. The predicted molar refractivity (Wildman–Crippen MR) is 73.8 cm³/mol. The first-order chi connectivity index (χ1) is 9.86. The highest BCUT2D eigenvalue weighted by atomic mass is 16.6. The first-order valence-electron chi connectivity index (χ1n) is 6.34. The lowest BCUT2D eigenvalue weighted by Crippen LogP contribution is -2.35. The van der Waals surface area contributed by atoms with E-state index in [-0.39, 0.29) is 6.10 Å². The molecule has 3 rings (SSSR count). The number of ether oxygens (including phenoxy) is 2. The largest absolute Gasteiger partial charge is 0.486 e. The van der Waals surface area contributed by atoms with Gasteiger partial charge in [-0.3, -0.25) is 0 Å². The number of hydrogen-bond acceptors (Lipinski definition) is 5. The van der Waals surface area contributed by atoms with Crippen LogP contribution < -0.4 is 14.8 Å². The number of benzene rings is 1. The van der Waals surface area contributed by atoms with Crippen molar-refractivity contribution in [1.29, 1.82) is 5.26 Å². The van der Waals surface area contributed by atoms with E-state index in [1.54, 1.807) is 18.3 Å². The second-order valence-electron chi connectivity index (χ2n) is 4.39. The highest BCUT2D eigenvalue weighted by Crippen LogP contribution is 2.30. The molecular weight excluding hydrogens is 254 g/mol. The smallest absolute Gasteiger partial charge is 0.161 e. The van der Waals surface area contributed by atoms with E-state index in [1.165, 1.54) is 0 Å². The lowest BCUT2D eigenvalue weighted by Gasteiger charge is -2.26. The van der Waals surface area contributed by atoms with Gasteiger partial charge < -0.3 is 14.8 Å². The number of nitrogens with one attached hydrogen (secondary N) is 1. The summed E-state index contributed by atoms with van der Waals surface area (Å²) in [7, 11) is 0. The Morgan fingerprint density at radius 1 is 1.25 bits per heavy atom. The van der Waals surface area contributed by atoms with Crippen molar-refractivity contribution in [3.8, 4) is 17.6 Å². The Labute approximate surface area is 116 Å². The summed E-state index contributed by atoms with van der Waals surface area (Å²) in [6, 6.07) is 13.1. The third kappa shape index (κ3) is 2.50. The zero-order valence-electron chi connectivity index (χ0n) is 10.7. The third-order valence-electron chi connectivity index (χ3n) is 2.99. The van der Waals surface area contributed by atoms with Gasteiger partial charge in [-0.1, -0.05) is 12.1 Å². The number of para-hydroxylation sites is 2. The number of aromatic nitrogens is 1. The summed E-state index contributed by atoms with van der Waals surface area (Å²) in [5, 5.41) is 12.1. The Bertz CT molecular complexity index is 652. The van der Waals surface area contributed by atoms with Crippen LogP contribution in [0.3, 0.4) is 0 Å². The molecule has 20 heavy (non-hydrogen) atoms. The number of pyridine rings is 1. The summed E-state index contributed by atoms with van der Waals surface area (Å²) in [6.07, 6.45) is 1.54. The van der Waals surface area contributed by atoms with E-state index in [9.17, 15) is 0 Å². The predicted octanol–water partition coefficient (Wildman–Crippen LogP) is 2.21. The van der Waals surface area contributed by atoms with Crippen LogP contribution in [-0.4, -0.2) is 24.2 Å². The first-order valence-corrected chi connectivity index (χ1v) is 6.34. The van der Waals surface area contributed by atoms with Crippen molar-refractivity contribution in [2.75, 3.05) is 18.5 Å². The first kappa shape index (κ1) is 12.3. The molecule has 0 amide bonds. The van der Waals surface area contributed by atoms with Crippen LogP contribution in [0.15, 0.2) is 42.6 Å². The topological polar surface area (TPSA) is 67.2 Å². The van der Waals surface area contributed by atoms with Gasteiger partial charge in [0.25, 0.3) is 0 Å². The molecule has 0 unspecified atom stereocenters. The summed E-state index contributed by atoms with van der Waals surface area (Å²) < 4.78 is 11.5. The maximum absolute atomic E-state index is 9.00. The van der Waals surface area contributed by atoms with Gasteiger partial charge in [0.15, 0.2) is 11.5 Å². The number of nitriles is 1. The Hall–Kier alpha value is -2.74. The number of rotatable bonds is 3. The zero-order chi connectivity index (χ0) is 13.8. The SMILES string of the molecule is N#Cc1cccnc1NC[C@@H]1COc2ccccc2O1. The van der Waals surface area contributed by atoms with E-state index >= 15 is 0 Å². The Kier molecular flexibility index (Phi) is 3.38. The van der Waals surface area contributed by atoms with Crippen LogP contribution in [0.4, 0.5) is 5.82 Å². The number of hydrogen-bond donors (Lipinski definition) is 1. The van der Waals surface area contributed by atoms with Crippen LogP contribution in [0.2, 0.25) is 0 Å². The molecule has 0 saturated heterocycles. The molecule has 1 aromatic carbocycles. The van der Waals surface area contributed by atoms with Crippen LogP contribution in [0, 0.1) is 11.3 Å². The summed E-state index contributed by atoms with van der Waals surface area (Å²) in [6.45, 7) is 0.999. The van der Waals surface area contributed by atoms with Crippen LogP contribution in [0.5, 0.6) is 11.5 Å². The van der Waals surface area contributed by atoms with Crippen molar-refractivity contribution in [3.63, 3.8) is 0 Å². The molecule has 100 valence electrons. The van der Waals surface area contributed by atoms with E-state index in [0.717, 1.165) is 11.5 Å². The summed E-state index contributed by atoms with van der Waals surface area (Å²) in [5.74, 6) is 2.07. The molecule has 5 nitrogen and oxygen atoms in total. The summed E-state index contributed by atoms with van der Waals surface area (Å²) >= 11 is 0. The molecule has 0 spiro atoms. The van der Waals surface area contributed by atoms with Gasteiger partial charge in [0.2, 0.25) is 0 Å². The molecule has 2 aromatic rings. The van der Waals surface area contributed by atoms with Gasteiger partial charge in [0.05, 0.1) is 12.1 Å². The Balaban J connectivity index is 1.65. The number of anilines is 1. The number of fused-ring (bicyclic) bond motifs is 1. The molecule has 0 aliphatic carbocycles. The molecule has 1 aromatic heterocycles. The Morgan fingerprint density at radius 3 is 2.95 bits per heavy atom. The van der Waals surface area contributed by atoms with Crippen LogP contribution in [0.1, 0.15) is 5.56 Å².